The molecule has 0 atom stereocenters. The van der Waals surface area contributed by atoms with Crippen LogP contribution in [0.4, 0.5) is 4.39 Å². The average Bonchev–Trinajstić information content (AvgIpc) is 2.68. The molecule has 1 aliphatic heterocycles. The quantitative estimate of drug-likeness (QED) is 0.728. The molecule has 1 aliphatic carbocycles. The molecule has 1 aromatic carbocycles. The molecule has 16 heavy (non-hydrogen) atoms. The number of benzene rings is 1. The zero-order chi connectivity index (χ0) is 11.2. The summed E-state index contributed by atoms with van der Waals surface area (Å²) in [7, 11) is 0. The van der Waals surface area contributed by atoms with Crippen molar-refractivity contribution in [3.8, 4) is 0 Å². The number of hydrogen-bond donors (Lipinski definition) is 0. The van der Waals surface area contributed by atoms with Crippen LogP contribution in [-0.2, 0) is 22.3 Å². The third kappa shape index (κ3) is 1.52. The van der Waals surface area contributed by atoms with E-state index in [1.165, 1.54) is 18.6 Å². The van der Waals surface area contributed by atoms with E-state index in [4.69, 9.17) is 9.47 Å². The van der Waals surface area contributed by atoms with Gasteiger partial charge in [0, 0.05) is 10.9 Å². The Morgan fingerprint density at radius 3 is 2.75 bits per heavy atom. The maximum atomic E-state index is 13.8. The number of rotatable bonds is 0. The third-order valence-corrected chi connectivity index (χ3v) is 3.55. The van der Waals surface area contributed by atoms with Gasteiger partial charge < -0.3 is 9.47 Å². The topological polar surface area (TPSA) is 18.5 Å². The molecule has 0 saturated heterocycles. The van der Waals surface area contributed by atoms with E-state index in [0.717, 1.165) is 22.9 Å². The molecule has 3 rings (SSSR count). The van der Waals surface area contributed by atoms with E-state index in [2.05, 4.69) is 15.9 Å². The highest BCUT2D eigenvalue weighted by Gasteiger charge is 2.40. The number of aryl methyl sites for hydroxylation is 1. The van der Waals surface area contributed by atoms with Gasteiger partial charge in [-0.3, -0.25) is 0 Å². The lowest BCUT2D eigenvalue weighted by molar-refractivity contribution is -0.149. The van der Waals surface area contributed by atoms with Crippen molar-refractivity contribution in [3.63, 3.8) is 0 Å². The zero-order valence-electron chi connectivity index (χ0n) is 8.50. The molecule has 2 aliphatic rings. The minimum atomic E-state index is -0.665. The summed E-state index contributed by atoms with van der Waals surface area (Å²) >= 11 is 3.30. The van der Waals surface area contributed by atoms with Gasteiger partial charge in [0.2, 0.25) is 0 Å². The van der Waals surface area contributed by atoms with Crippen LogP contribution in [0.2, 0.25) is 0 Å². The van der Waals surface area contributed by atoms with Crippen molar-refractivity contribution in [2.75, 3.05) is 0 Å². The van der Waals surface area contributed by atoms with Gasteiger partial charge >= 0.3 is 0 Å². The largest absolute Gasteiger partial charge is 0.456 e. The lowest BCUT2D eigenvalue weighted by Crippen LogP contribution is -2.37. The summed E-state index contributed by atoms with van der Waals surface area (Å²) in [6.45, 7) is 0. The van der Waals surface area contributed by atoms with Gasteiger partial charge in [-0.1, -0.05) is 15.9 Å². The number of fused-ring (bicyclic) bond motifs is 1. The predicted octanol–water partition coefficient (Wildman–Crippen LogP) is 3.29. The average molecular weight is 285 g/mol. The highest BCUT2D eigenvalue weighted by molar-refractivity contribution is 9.10. The molecule has 84 valence electrons. The van der Waals surface area contributed by atoms with Crippen molar-refractivity contribution in [1.29, 1.82) is 0 Å². The Bertz CT molecular complexity index is 462. The molecule has 2 nitrogen and oxygen atoms in total. The summed E-state index contributed by atoms with van der Waals surface area (Å²) in [5.74, 6) is -0.857. The SMILES string of the molecule is Fc1cc(Br)cc2c1CC1(CC2)OC=CO1. The Morgan fingerprint density at radius 2 is 2.00 bits per heavy atom. The molecule has 0 aromatic heterocycles. The zero-order valence-corrected chi connectivity index (χ0v) is 10.1. The van der Waals surface area contributed by atoms with Crippen LogP contribution in [0, 0.1) is 5.82 Å². The van der Waals surface area contributed by atoms with Gasteiger partial charge in [0.1, 0.15) is 18.3 Å². The van der Waals surface area contributed by atoms with Crippen molar-refractivity contribution in [2.24, 2.45) is 0 Å². The van der Waals surface area contributed by atoms with Crippen LogP contribution in [0.5, 0.6) is 0 Å². The van der Waals surface area contributed by atoms with Gasteiger partial charge in [-0.2, -0.15) is 0 Å². The second kappa shape index (κ2) is 3.48. The van der Waals surface area contributed by atoms with Crippen LogP contribution < -0.4 is 0 Å². The Hall–Kier alpha value is -1.03. The first-order valence-corrected chi connectivity index (χ1v) is 5.95. The standard InChI is InChI=1S/C12H10BrFO2/c13-9-5-8-1-2-12(15-3-4-16-12)7-10(8)11(14)6-9/h3-6H,1-2,7H2. The molecule has 0 amide bonds. The second-order valence-corrected chi connectivity index (χ2v) is 5.04. The fraction of sp³-hybridized carbons (Fsp3) is 0.333. The summed E-state index contributed by atoms with van der Waals surface area (Å²) in [4.78, 5) is 0. The van der Waals surface area contributed by atoms with Gasteiger partial charge in [-0.15, -0.1) is 0 Å². The van der Waals surface area contributed by atoms with E-state index in [1.54, 1.807) is 0 Å². The molecule has 0 bridgehead atoms. The molecule has 1 spiro atoms. The number of hydrogen-bond acceptors (Lipinski definition) is 2. The van der Waals surface area contributed by atoms with Gasteiger partial charge in [0.05, 0.1) is 6.42 Å². The molecule has 0 saturated carbocycles. The maximum Gasteiger partial charge on any atom is 0.254 e. The van der Waals surface area contributed by atoms with Gasteiger partial charge in [0.15, 0.2) is 0 Å². The lowest BCUT2D eigenvalue weighted by atomic mass is 9.87. The van der Waals surface area contributed by atoms with Crippen LogP contribution in [0.25, 0.3) is 0 Å². The van der Waals surface area contributed by atoms with E-state index in [9.17, 15) is 4.39 Å². The fourth-order valence-corrected chi connectivity index (χ4v) is 2.77. The maximum absolute atomic E-state index is 13.8. The predicted molar refractivity (Wildman–Crippen MR) is 60.2 cm³/mol. The van der Waals surface area contributed by atoms with Crippen molar-refractivity contribution in [1.82, 2.24) is 0 Å². The monoisotopic (exact) mass is 284 g/mol. The fourth-order valence-electron chi connectivity index (χ4n) is 2.29. The van der Waals surface area contributed by atoms with Crippen LogP contribution in [0.1, 0.15) is 17.5 Å². The first-order valence-electron chi connectivity index (χ1n) is 5.16. The molecule has 0 N–H and O–H groups in total. The Kier molecular flexibility index (Phi) is 2.21. The van der Waals surface area contributed by atoms with E-state index in [-0.39, 0.29) is 5.82 Å². The third-order valence-electron chi connectivity index (χ3n) is 3.10. The molecule has 0 radical (unpaired) electrons. The molecular formula is C12H10BrFO2. The van der Waals surface area contributed by atoms with Crippen LogP contribution >= 0.6 is 15.9 Å². The summed E-state index contributed by atoms with van der Waals surface area (Å²) < 4.78 is 25.5. The van der Waals surface area contributed by atoms with Gasteiger partial charge in [-0.05, 0) is 29.7 Å². The summed E-state index contributed by atoms with van der Waals surface area (Å²) in [6.07, 6.45) is 5.05. The van der Waals surface area contributed by atoms with Crippen molar-refractivity contribution in [3.05, 3.63) is 46.1 Å². The van der Waals surface area contributed by atoms with Crippen LogP contribution in [0.15, 0.2) is 29.1 Å². The van der Waals surface area contributed by atoms with Crippen molar-refractivity contribution < 1.29 is 13.9 Å². The Labute approximate surface area is 101 Å². The molecule has 0 fully saturated rings. The normalized spacial score (nSPS) is 20.4. The summed E-state index contributed by atoms with van der Waals surface area (Å²) in [5, 5.41) is 0. The Morgan fingerprint density at radius 1 is 1.25 bits per heavy atom. The summed E-state index contributed by atoms with van der Waals surface area (Å²) in [6, 6.07) is 3.45. The minimum Gasteiger partial charge on any atom is -0.456 e. The van der Waals surface area contributed by atoms with Crippen LogP contribution in [0.3, 0.4) is 0 Å². The lowest BCUT2D eigenvalue weighted by Gasteiger charge is -2.33. The second-order valence-electron chi connectivity index (χ2n) is 4.12. The van der Waals surface area contributed by atoms with Crippen LogP contribution in [-0.4, -0.2) is 5.79 Å². The molecule has 0 unspecified atom stereocenters. The molecular weight excluding hydrogens is 275 g/mol. The number of ether oxygens (including phenoxy) is 2. The van der Waals surface area contributed by atoms with E-state index < -0.39 is 5.79 Å². The van der Waals surface area contributed by atoms with E-state index >= 15 is 0 Å². The number of halogens is 2. The highest BCUT2D eigenvalue weighted by atomic mass is 79.9. The van der Waals surface area contributed by atoms with E-state index in [1.807, 2.05) is 6.07 Å². The van der Waals surface area contributed by atoms with Crippen molar-refractivity contribution >= 4 is 15.9 Å². The van der Waals surface area contributed by atoms with E-state index in [0.29, 0.717) is 12.0 Å². The first kappa shape index (κ1) is 10.1. The van der Waals surface area contributed by atoms with Crippen molar-refractivity contribution in [2.45, 2.75) is 25.0 Å². The molecule has 4 heteroatoms. The smallest absolute Gasteiger partial charge is 0.254 e. The highest BCUT2D eigenvalue weighted by Crippen LogP contribution is 2.37. The summed E-state index contributed by atoms with van der Waals surface area (Å²) in [5.41, 5.74) is 1.75. The first-order chi connectivity index (χ1) is 7.69. The molecule has 1 heterocycles. The minimum absolute atomic E-state index is 0.192. The Balaban J connectivity index is 2.00. The molecule has 1 aromatic rings. The van der Waals surface area contributed by atoms with Gasteiger partial charge in [0.25, 0.3) is 5.79 Å². The van der Waals surface area contributed by atoms with Gasteiger partial charge in [-0.25, -0.2) is 4.39 Å².